The lowest BCUT2D eigenvalue weighted by molar-refractivity contribution is 0.171. The predicted octanol–water partition coefficient (Wildman–Crippen LogP) is 2.24. The average molecular weight is 248 g/mol. The lowest BCUT2D eigenvalue weighted by Gasteiger charge is -2.02. The van der Waals surface area contributed by atoms with Crippen molar-refractivity contribution in [3.05, 3.63) is 24.3 Å². The van der Waals surface area contributed by atoms with Gasteiger partial charge in [0.1, 0.15) is 0 Å². The summed E-state index contributed by atoms with van der Waals surface area (Å²) in [6.45, 7) is 4.37. The maximum absolute atomic E-state index is 10.6. The molecule has 0 aromatic carbocycles. The van der Waals surface area contributed by atoms with Crippen molar-refractivity contribution in [3.8, 4) is 0 Å². The van der Waals surface area contributed by atoms with Crippen molar-refractivity contribution < 1.29 is 9.53 Å². The number of rotatable bonds is 5. The fourth-order valence-corrected chi connectivity index (χ4v) is 0.879. The molecular formula is C9H14BrNO2. The standard InChI is InChI=1S/C9H14BrNO2/c1-8(4-3-6-10)5-7-11-9(12)13-2/h3-4H,1,5-7H2,2H3,(H,11,12)/b4-3-. The van der Waals surface area contributed by atoms with Gasteiger partial charge in [-0.2, -0.15) is 0 Å². The summed E-state index contributed by atoms with van der Waals surface area (Å²) in [5.74, 6) is 0. The van der Waals surface area contributed by atoms with Gasteiger partial charge in [-0.25, -0.2) is 4.79 Å². The number of ether oxygens (including phenoxy) is 1. The molecule has 0 fully saturated rings. The molecule has 3 nitrogen and oxygen atoms in total. The zero-order valence-electron chi connectivity index (χ0n) is 7.68. The van der Waals surface area contributed by atoms with Crippen LogP contribution in [0.4, 0.5) is 4.79 Å². The van der Waals surface area contributed by atoms with Gasteiger partial charge in [-0.05, 0) is 6.42 Å². The van der Waals surface area contributed by atoms with Gasteiger partial charge in [-0.3, -0.25) is 0 Å². The Morgan fingerprint density at radius 1 is 1.69 bits per heavy atom. The summed E-state index contributed by atoms with van der Waals surface area (Å²) < 4.78 is 4.41. The van der Waals surface area contributed by atoms with Gasteiger partial charge in [0.05, 0.1) is 7.11 Å². The van der Waals surface area contributed by atoms with Crippen LogP contribution in [-0.4, -0.2) is 25.1 Å². The van der Waals surface area contributed by atoms with Gasteiger partial charge in [0.2, 0.25) is 0 Å². The van der Waals surface area contributed by atoms with Gasteiger partial charge in [0, 0.05) is 11.9 Å². The molecule has 0 aliphatic rings. The number of alkyl halides is 1. The summed E-state index contributed by atoms with van der Waals surface area (Å²) in [7, 11) is 1.34. The van der Waals surface area contributed by atoms with Crippen LogP contribution in [-0.2, 0) is 4.74 Å². The zero-order chi connectivity index (χ0) is 10.1. The highest BCUT2D eigenvalue weighted by Gasteiger charge is 1.96. The first kappa shape index (κ1) is 12.2. The van der Waals surface area contributed by atoms with E-state index in [1.807, 2.05) is 12.2 Å². The van der Waals surface area contributed by atoms with Gasteiger partial charge < -0.3 is 10.1 Å². The van der Waals surface area contributed by atoms with Gasteiger partial charge in [-0.15, -0.1) is 0 Å². The second-order valence-electron chi connectivity index (χ2n) is 2.38. The second-order valence-corrected chi connectivity index (χ2v) is 3.03. The maximum Gasteiger partial charge on any atom is 0.406 e. The summed E-state index contributed by atoms with van der Waals surface area (Å²) in [5, 5.41) is 3.39. The van der Waals surface area contributed by atoms with Crippen LogP contribution in [0.2, 0.25) is 0 Å². The van der Waals surface area contributed by atoms with E-state index in [0.717, 1.165) is 17.3 Å². The van der Waals surface area contributed by atoms with Crippen molar-refractivity contribution in [1.29, 1.82) is 0 Å². The summed E-state index contributed by atoms with van der Waals surface area (Å²) in [6.07, 6.45) is 4.21. The molecule has 1 N–H and O–H groups in total. The fourth-order valence-electron chi connectivity index (χ4n) is 0.692. The lowest BCUT2D eigenvalue weighted by Crippen LogP contribution is -2.24. The highest BCUT2D eigenvalue weighted by atomic mass is 79.9. The Kier molecular flexibility index (Phi) is 7.39. The van der Waals surface area contributed by atoms with E-state index in [-0.39, 0.29) is 0 Å². The minimum absolute atomic E-state index is 0.405. The minimum atomic E-state index is -0.405. The number of carbonyl (C=O) groups is 1. The summed E-state index contributed by atoms with van der Waals surface area (Å²) in [6, 6.07) is 0. The molecule has 0 saturated carbocycles. The first-order valence-electron chi connectivity index (χ1n) is 3.92. The molecular weight excluding hydrogens is 234 g/mol. The number of hydrogen-bond donors (Lipinski definition) is 1. The molecule has 0 saturated heterocycles. The summed E-state index contributed by atoms with van der Waals surface area (Å²) >= 11 is 3.26. The van der Waals surface area contributed by atoms with E-state index >= 15 is 0 Å². The van der Waals surface area contributed by atoms with Crippen LogP contribution < -0.4 is 5.32 Å². The molecule has 0 aromatic rings. The number of allylic oxidation sites excluding steroid dienone is 2. The SMILES string of the molecule is C=C(/C=C\CBr)CCNC(=O)OC. The van der Waals surface area contributed by atoms with Crippen molar-refractivity contribution in [2.24, 2.45) is 0 Å². The van der Waals surface area contributed by atoms with Crippen molar-refractivity contribution in [1.82, 2.24) is 5.32 Å². The monoisotopic (exact) mass is 247 g/mol. The molecule has 0 heterocycles. The third-order valence-electron chi connectivity index (χ3n) is 1.34. The summed E-state index contributed by atoms with van der Waals surface area (Å²) in [4.78, 5) is 10.6. The molecule has 0 atom stereocenters. The van der Waals surface area contributed by atoms with Gasteiger partial charge in [0.25, 0.3) is 0 Å². The number of methoxy groups -OCH3 is 1. The van der Waals surface area contributed by atoms with E-state index in [0.29, 0.717) is 6.54 Å². The molecule has 0 aromatic heterocycles. The van der Waals surface area contributed by atoms with E-state index in [9.17, 15) is 4.79 Å². The van der Waals surface area contributed by atoms with Gasteiger partial charge in [0.15, 0.2) is 0 Å². The van der Waals surface area contributed by atoms with E-state index in [1.165, 1.54) is 7.11 Å². The molecule has 0 spiro atoms. The van der Waals surface area contributed by atoms with Gasteiger partial charge >= 0.3 is 6.09 Å². The van der Waals surface area contributed by atoms with E-state index in [2.05, 4.69) is 32.6 Å². The number of amides is 1. The Bertz CT molecular complexity index is 202. The Morgan fingerprint density at radius 3 is 2.92 bits per heavy atom. The second kappa shape index (κ2) is 7.86. The molecule has 1 amide bonds. The minimum Gasteiger partial charge on any atom is -0.453 e. The molecule has 0 rings (SSSR count). The number of halogens is 1. The van der Waals surface area contributed by atoms with E-state index in [4.69, 9.17) is 0 Å². The highest BCUT2D eigenvalue weighted by Crippen LogP contribution is 1.99. The van der Waals surface area contributed by atoms with Crippen LogP contribution in [0.25, 0.3) is 0 Å². The Morgan fingerprint density at radius 2 is 2.38 bits per heavy atom. The molecule has 0 radical (unpaired) electrons. The Balaban J connectivity index is 3.48. The Labute approximate surface area is 87.0 Å². The molecule has 0 bridgehead atoms. The fraction of sp³-hybridized carbons (Fsp3) is 0.444. The zero-order valence-corrected chi connectivity index (χ0v) is 9.26. The van der Waals surface area contributed by atoms with Crippen LogP contribution in [0.15, 0.2) is 24.3 Å². The maximum atomic E-state index is 10.6. The van der Waals surface area contributed by atoms with Crippen molar-refractivity contribution in [2.45, 2.75) is 6.42 Å². The molecule has 0 aliphatic heterocycles. The van der Waals surface area contributed by atoms with Crippen LogP contribution in [0, 0.1) is 0 Å². The molecule has 0 aliphatic carbocycles. The number of alkyl carbamates (subject to hydrolysis) is 1. The quantitative estimate of drug-likeness (QED) is 0.598. The summed E-state index contributed by atoms with van der Waals surface area (Å²) in [5.41, 5.74) is 0.982. The molecule has 74 valence electrons. The van der Waals surface area contributed by atoms with Crippen LogP contribution in [0.1, 0.15) is 6.42 Å². The molecule has 0 unspecified atom stereocenters. The number of nitrogens with one attached hydrogen (secondary N) is 1. The highest BCUT2D eigenvalue weighted by molar-refractivity contribution is 9.09. The predicted molar refractivity (Wildman–Crippen MR) is 57.1 cm³/mol. The molecule has 13 heavy (non-hydrogen) atoms. The van der Waals surface area contributed by atoms with Crippen LogP contribution in [0.3, 0.4) is 0 Å². The first-order valence-corrected chi connectivity index (χ1v) is 5.05. The van der Waals surface area contributed by atoms with Crippen molar-refractivity contribution in [2.75, 3.05) is 19.0 Å². The van der Waals surface area contributed by atoms with Crippen molar-refractivity contribution in [3.63, 3.8) is 0 Å². The lowest BCUT2D eigenvalue weighted by atomic mass is 10.2. The smallest absolute Gasteiger partial charge is 0.406 e. The number of hydrogen-bond acceptors (Lipinski definition) is 2. The van der Waals surface area contributed by atoms with E-state index in [1.54, 1.807) is 0 Å². The molecule has 4 heteroatoms. The van der Waals surface area contributed by atoms with Crippen LogP contribution >= 0.6 is 15.9 Å². The number of carbonyl (C=O) groups excluding carboxylic acids is 1. The van der Waals surface area contributed by atoms with E-state index < -0.39 is 6.09 Å². The normalized spacial score (nSPS) is 10.0. The first-order chi connectivity index (χ1) is 6.20. The Hall–Kier alpha value is -0.770. The third-order valence-corrected chi connectivity index (χ3v) is 1.72. The van der Waals surface area contributed by atoms with Crippen molar-refractivity contribution >= 4 is 22.0 Å². The van der Waals surface area contributed by atoms with Gasteiger partial charge in [-0.1, -0.05) is 40.2 Å². The third kappa shape index (κ3) is 7.59. The van der Waals surface area contributed by atoms with Crippen LogP contribution in [0.5, 0.6) is 0 Å². The largest absolute Gasteiger partial charge is 0.453 e. The average Bonchev–Trinajstić information content (AvgIpc) is 2.14. The topological polar surface area (TPSA) is 38.3 Å².